The van der Waals surface area contributed by atoms with E-state index in [2.05, 4.69) is 34.6 Å². The van der Waals surface area contributed by atoms with Gasteiger partial charge in [0.1, 0.15) is 12.2 Å². The SMILES string of the molecule is N#Cc1ccc(OC2CCC(NC(=O)CCCCc3ccccc3)CC2)nc1. The Labute approximate surface area is 166 Å². The maximum atomic E-state index is 12.2. The minimum Gasteiger partial charge on any atom is -0.474 e. The monoisotopic (exact) mass is 377 g/mol. The summed E-state index contributed by atoms with van der Waals surface area (Å²) in [6.45, 7) is 0. The van der Waals surface area contributed by atoms with Crippen molar-refractivity contribution in [2.75, 3.05) is 0 Å². The summed E-state index contributed by atoms with van der Waals surface area (Å²) in [4.78, 5) is 16.3. The zero-order chi connectivity index (χ0) is 19.6. The third-order valence-corrected chi connectivity index (χ3v) is 5.15. The van der Waals surface area contributed by atoms with E-state index in [1.165, 1.54) is 11.8 Å². The number of nitrogens with one attached hydrogen (secondary N) is 1. The van der Waals surface area contributed by atoms with Crippen molar-refractivity contribution in [2.45, 2.75) is 63.5 Å². The lowest BCUT2D eigenvalue weighted by atomic mass is 9.92. The largest absolute Gasteiger partial charge is 0.474 e. The fraction of sp³-hybridized carbons (Fsp3) is 0.435. The average Bonchev–Trinajstić information content (AvgIpc) is 2.74. The number of unbranched alkanes of at least 4 members (excludes halogenated alkanes) is 1. The standard InChI is InChI=1S/C23H27N3O2/c24-16-19-10-15-23(25-17-19)28-21-13-11-20(12-14-21)26-22(27)9-5-4-8-18-6-2-1-3-7-18/h1-3,6-7,10,15,17,20-21H,4-5,8-9,11-14H2,(H,26,27). The molecule has 2 aromatic rings. The van der Waals surface area contributed by atoms with Crippen molar-refractivity contribution in [3.05, 3.63) is 59.8 Å². The molecule has 1 aromatic heterocycles. The van der Waals surface area contributed by atoms with Gasteiger partial charge in [-0.2, -0.15) is 5.26 Å². The lowest BCUT2D eigenvalue weighted by Crippen LogP contribution is -2.39. The molecule has 0 bridgehead atoms. The molecule has 0 saturated heterocycles. The van der Waals surface area contributed by atoms with Crippen LogP contribution in [0.25, 0.3) is 0 Å². The van der Waals surface area contributed by atoms with Gasteiger partial charge in [-0.05, 0) is 56.6 Å². The van der Waals surface area contributed by atoms with Crippen LogP contribution in [0.5, 0.6) is 5.88 Å². The van der Waals surface area contributed by atoms with E-state index in [0.717, 1.165) is 44.9 Å². The zero-order valence-electron chi connectivity index (χ0n) is 16.1. The van der Waals surface area contributed by atoms with Gasteiger partial charge in [0.05, 0.1) is 5.56 Å². The number of nitriles is 1. The van der Waals surface area contributed by atoms with E-state index in [1.54, 1.807) is 12.1 Å². The molecule has 1 fully saturated rings. The second kappa shape index (κ2) is 10.5. The number of carbonyl (C=O) groups is 1. The molecule has 5 heteroatoms. The van der Waals surface area contributed by atoms with Crippen LogP contribution in [0.3, 0.4) is 0 Å². The van der Waals surface area contributed by atoms with E-state index in [1.807, 2.05) is 12.1 Å². The van der Waals surface area contributed by atoms with Gasteiger partial charge >= 0.3 is 0 Å². The first-order chi connectivity index (χ1) is 13.7. The van der Waals surface area contributed by atoms with Crippen molar-refractivity contribution in [1.29, 1.82) is 5.26 Å². The number of aryl methyl sites for hydroxylation is 1. The molecule has 1 aromatic carbocycles. The summed E-state index contributed by atoms with van der Waals surface area (Å²) in [5.74, 6) is 0.719. The molecule has 1 saturated carbocycles. The molecule has 0 spiro atoms. The smallest absolute Gasteiger partial charge is 0.220 e. The van der Waals surface area contributed by atoms with Gasteiger partial charge in [-0.25, -0.2) is 4.98 Å². The molecular weight excluding hydrogens is 350 g/mol. The summed E-state index contributed by atoms with van der Waals surface area (Å²) < 4.78 is 5.90. The Hall–Kier alpha value is -2.87. The summed E-state index contributed by atoms with van der Waals surface area (Å²) in [5, 5.41) is 12.0. The zero-order valence-corrected chi connectivity index (χ0v) is 16.1. The minimum atomic E-state index is 0.125. The molecule has 1 aliphatic carbocycles. The number of pyridine rings is 1. The van der Waals surface area contributed by atoms with Gasteiger partial charge in [0.15, 0.2) is 0 Å². The fourth-order valence-corrected chi connectivity index (χ4v) is 3.57. The van der Waals surface area contributed by atoms with Gasteiger partial charge in [-0.3, -0.25) is 4.79 Å². The van der Waals surface area contributed by atoms with Crippen LogP contribution < -0.4 is 10.1 Å². The van der Waals surface area contributed by atoms with E-state index in [4.69, 9.17) is 10.00 Å². The summed E-state index contributed by atoms with van der Waals surface area (Å²) in [6.07, 6.45) is 8.89. The summed E-state index contributed by atoms with van der Waals surface area (Å²) in [5.41, 5.74) is 1.86. The lowest BCUT2D eigenvalue weighted by Gasteiger charge is -2.29. The van der Waals surface area contributed by atoms with E-state index in [9.17, 15) is 4.79 Å². The van der Waals surface area contributed by atoms with Crippen molar-refractivity contribution in [1.82, 2.24) is 10.3 Å². The van der Waals surface area contributed by atoms with Crippen LogP contribution in [-0.4, -0.2) is 23.0 Å². The minimum absolute atomic E-state index is 0.125. The topological polar surface area (TPSA) is 75.0 Å². The van der Waals surface area contributed by atoms with Crippen molar-refractivity contribution in [3.8, 4) is 11.9 Å². The van der Waals surface area contributed by atoms with Gasteiger partial charge in [0.2, 0.25) is 11.8 Å². The maximum Gasteiger partial charge on any atom is 0.220 e. The number of hydrogen-bond donors (Lipinski definition) is 1. The number of benzene rings is 1. The molecular formula is C23H27N3O2. The number of ether oxygens (including phenoxy) is 1. The van der Waals surface area contributed by atoms with Gasteiger partial charge < -0.3 is 10.1 Å². The highest BCUT2D eigenvalue weighted by Crippen LogP contribution is 2.23. The molecule has 1 N–H and O–H groups in total. The predicted octanol–water partition coefficient (Wildman–Crippen LogP) is 4.17. The second-order valence-corrected chi connectivity index (χ2v) is 7.35. The number of aromatic nitrogens is 1. The van der Waals surface area contributed by atoms with E-state index < -0.39 is 0 Å². The predicted molar refractivity (Wildman–Crippen MR) is 108 cm³/mol. The van der Waals surface area contributed by atoms with Crippen LogP contribution in [0, 0.1) is 11.3 Å². The summed E-state index contributed by atoms with van der Waals surface area (Å²) in [6, 6.07) is 16.1. The number of nitrogens with zero attached hydrogens (tertiary/aromatic N) is 2. The number of amides is 1. The molecule has 0 unspecified atom stereocenters. The van der Waals surface area contributed by atoms with Crippen molar-refractivity contribution >= 4 is 5.91 Å². The maximum absolute atomic E-state index is 12.2. The molecule has 0 radical (unpaired) electrons. The van der Waals surface area contributed by atoms with Crippen LogP contribution in [0.4, 0.5) is 0 Å². The van der Waals surface area contributed by atoms with E-state index in [-0.39, 0.29) is 18.1 Å². The van der Waals surface area contributed by atoms with E-state index in [0.29, 0.717) is 17.9 Å². The van der Waals surface area contributed by atoms with Crippen LogP contribution in [0.15, 0.2) is 48.7 Å². The average molecular weight is 377 g/mol. The molecule has 0 aliphatic heterocycles. The number of rotatable bonds is 8. The highest BCUT2D eigenvalue weighted by molar-refractivity contribution is 5.76. The van der Waals surface area contributed by atoms with Crippen molar-refractivity contribution in [3.63, 3.8) is 0 Å². The molecule has 146 valence electrons. The van der Waals surface area contributed by atoms with Crippen LogP contribution in [0.2, 0.25) is 0 Å². The lowest BCUT2D eigenvalue weighted by molar-refractivity contribution is -0.122. The van der Waals surface area contributed by atoms with Crippen molar-refractivity contribution < 1.29 is 9.53 Å². The quantitative estimate of drug-likeness (QED) is 0.701. The first kappa shape index (κ1) is 19.9. The Morgan fingerprint density at radius 3 is 2.57 bits per heavy atom. The first-order valence-electron chi connectivity index (χ1n) is 10.1. The highest BCUT2D eigenvalue weighted by atomic mass is 16.5. The Morgan fingerprint density at radius 1 is 1.11 bits per heavy atom. The molecule has 28 heavy (non-hydrogen) atoms. The van der Waals surface area contributed by atoms with E-state index >= 15 is 0 Å². The molecule has 3 rings (SSSR count). The van der Waals surface area contributed by atoms with Crippen LogP contribution in [-0.2, 0) is 11.2 Å². The fourth-order valence-electron chi connectivity index (χ4n) is 3.57. The normalized spacial score (nSPS) is 18.8. The van der Waals surface area contributed by atoms with Gasteiger partial charge in [0, 0.05) is 24.7 Å². The molecule has 1 amide bonds. The van der Waals surface area contributed by atoms with Gasteiger partial charge in [-0.15, -0.1) is 0 Å². The summed E-state index contributed by atoms with van der Waals surface area (Å²) >= 11 is 0. The second-order valence-electron chi connectivity index (χ2n) is 7.35. The Bertz CT molecular complexity index is 776. The summed E-state index contributed by atoms with van der Waals surface area (Å²) in [7, 11) is 0. The molecule has 5 nitrogen and oxygen atoms in total. The number of carbonyl (C=O) groups excluding carboxylic acids is 1. The van der Waals surface area contributed by atoms with Crippen LogP contribution in [0.1, 0.15) is 56.1 Å². The first-order valence-corrected chi connectivity index (χ1v) is 10.1. The third-order valence-electron chi connectivity index (χ3n) is 5.15. The Kier molecular flexibility index (Phi) is 7.43. The molecule has 1 aliphatic rings. The van der Waals surface area contributed by atoms with Gasteiger partial charge in [-0.1, -0.05) is 30.3 Å². The third kappa shape index (κ3) is 6.38. The van der Waals surface area contributed by atoms with Crippen molar-refractivity contribution in [2.24, 2.45) is 0 Å². The highest BCUT2D eigenvalue weighted by Gasteiger charge is 2.23. The Morgan fingerprint density at radius 2 is 1.89 bits per heavy atom. The Balaban J connectivity index is 1.30. The number of hydrogen-bond acceptors (Lipinski definition) is 4. The van der Waals surface area contributed by atoms with Crippen LogP contribution >= 0.6 is 0 Å². The molecule has 1 heterocycles. The van der Waals surface area contributed by atoms with Gasteiger partial charge in [0.25, 0.3) is 0 Å². The molecule has 0 atom stereocenters.